The molecule has 0 fully saturated rings. The molecule has 0 radical (unpaired) electrons. The van der Waals surface area contributed by atoms with Gasteiger partial charge in [-0.15, -0.1) is 0 Å². The first-order chi connectivity index (χ1) is 9.91. The maximum atomic E-state index is 11.7. The molecule has 0 unspecified atom stereocenters. The highest BCUT2D eigenvalue weighted by Gasteiger charge is 2.12. The lowest BCUT2D eigenvalue weighted by molar-refractivity contribution is 0.415. The molecular formula is C15H16ClNO3S. The van der Waals surface area contributed by atoms with E-state index in [0.29, 0.717) is 23.0 Å². The second-order valence-electron chi connectivity index (χ2n) is 4.59. The van der Waals surface area contributed by atoms with Gasteiger partial charge in [0.05, 0.1) is 22.7 Å². The van der Waals surface area contributed by atoms with Crippen molar-refractivity contribution in [1.82, 2.24) is 0 Å². The Labute approximate surface area is 129 Å². The first kappa shape index (κ1) is 15.7. The van der Waals surface area contributed by atoms with Crippen molar-refractivity contribution in [2.75, 3.05) is 18.7 Å². The van der Waals surface area contributed by atoms with E-state index in [4.69, 9.17) is 16.3 Å². The number of halogens is 1. The van der Waals surface area contributed by atoms with Crippen molar-refractivity contribution in [3.05, 3.63) is 53.1 Å². The zero-order valence-corrected chi connectivity index (χ0v) is 13.3. The molecule has 0 spiro atoms. The zero-order valence-electron chi connectivity index (χ0n) is 11.8. The van der Waals surface area contributed by atoms with Crippen LogP contribution >= 0.6 is 11.6 Å². The highest BCUT2D eigenvalue weighted by Crippen LogP contribution is 2.26. The number of hydrogen-bond acceptors (Lipinski definition) is 4. The Kier molecular flexibility index (Phi) is 4.75. The lowest BCUT2D eigenvalue weighted by Crippen LogP contribution is -2.06. The summed E-state index contributed by atoms with van der Waals surface area (Å²) in [7, 11) is -1.71. The molecule has 21 heavy (non-hydrogen) atoms. The Morgan fingerprint density at radius 1 is 1.19 bits per heavy atom. The molecule has 6 heteroatoms. The van der Waals surface area contributed by atoms with E-state index < -0.39 is 9.84 Å². The molecule has 0 saturated heterocycles. The van der Waals surface area contributed by atoms with Crippen LogP contribution in [0.2, 0.25) is 5.02 Å². The molecule has 112 valence electrons. The summed E-state index contributed by atoms with van der Waals surface area (Å²) in [5.74, 6) is 0.608. The third-order valence-electron chi connectivity index (χ3n) is 2.99. The number of benzene rings is 2. The topological polar surface area (TPSA) is 55.4 Å². The fraction of sp³-hybridized carbons (Fsp3) is 0.200. The minimum atomic E-state index is -3.27. The molecule has 0 amide bonds. The predicted octanol–water partition coefficient (Wildman–Crippen LogP) is 3.36. The summed E-state index contributed by atoms with van der Waals surface area (Å²) in [6, 6.07) is 12.3. The quantitative estimate of drug-likeness (QED) is 0.915. The van der Waals surface area contributed by atoms with Crippen LogP contribution in [-0.4, -0.2) is 21.8 Å². The fourth-order valence-corrected chi connectivity index (χ4v) is 3.10. The van der Waals surface area contributed by atoms with Crippen LogP contribution in [0, 0.1) is 0 Å². The zero-order chi connectivity index (χ0) is 15.5. The van der Waals surface area contributed by atoms with E-state index in [1.165, 1.54) is 6.26 Å². The summed E-state index contributed by atoms with van der Waals surface area (Å²) < 4.78 is 28.5. The van der Waals surface area contributed by atoms with Crippen LogP contribution in [0.1, 0.15) is 5.56 Å². The van der Waals surface area contributed by atoms with Crippen molar-refractivity contribution in [2.45, 2.75) is 11.4 Å². The molecule has 0 bridgehead atoms. The van der Waals surface area contributed by atoms with Gasteiger partial charge in [0.15, 0.2) is 9.84 Å². The second kappa shape index (κ2) is 6.37. The average Bonchev–Trinajstić information content (AvgIpc) is 2.44. The van der Waals surface area contributed by atoms with E-state index in [1.807, 2.05) is 6.07 Å². The van der Waals surface area contributed by atoms with Crippen LogP contribution in [0.4, 0.5) is 5.69 Å². The lowest BCUT2D eigenvalue weighted by atomic mass is 10.2. The standard InChI is InChI=1S/C15H16ClNO3S/c1-20-14-8-7-11(9-12(14)16)10-17-13-5-3-4-6-15(13)21(2,18)19/h3-9,17H,10H2,1-2H3. The summed E-state index contributed by atoms with van der Waals surface area (Å²) in [6.07, 6.45) is 1.19. The van der Waals surface area contributed by atoms with Gasteiger partial charge in [-0.05, 0) is 29.8 Å². The number of ether oxygens (including phenoxy) is 1. The summed E-state index contributed by atoms with van der Waals surface area (Å²) in [5.41, 5.74) is 1.51. The van der Waals surface area contributed by atoms with Crippen LogP contribution in [0.15, 0.2) is 47.4 Å². The van der Waals surface area contributed by atoms with Gasteiger partial charge in [0.1, 0.15) is 5.75 Å². The van der Waals surface area contributed by atoms with Crippen molar-refractivity contribution < 1.29 is 13.2 Å². The normalized spacial score (nSPS) is 11.2. The number of nitrogens with one attached hydrogen (secondary N) is 1. The van der Waals surface area contributed by atoms with E-state index in [9.17, 15) is 8.42 Å². The molecule has 0 heterocycles. The molecule has 1 N–H and O–H groups in total. The number of sulfone groups is 1. The smallest absolute Gasteiger partial charge is 0.177 e. The van der Waals surface area contributed by atoms with Crippen LogP contribution in [0.5, 0.6) is 5.75 Å². The van der Waals surface area contributed by atoms with Crippen LogP contribution < -0.4 is 10.1 Å². The van der Waals surface area contributed by atoms with Crippen molar-refractivity contribution >= 4 is 27.1 Å². The molecule has 0 aliphatic heterocycles. The summed E-state index contributed by atoms with van der Waals surface area (Å²) in [5, 5.41) is 3.64. The predicted molar refractivity (Wildman–Crippen MR) is 84.9 cm³/mol. The van der Waals surface area contributed by atoms with Crippen molar-refractivity contribution in [3.8, 4) is 5.75 Å². The molecule has 0 aromatic heterocycles. The van der Waals surface area contributed by atoms with Gasteiger partial charge >= 0.3 is 0 Å². The number of anilines is 1. The molecule has 2 aromatic carbocycles. The van der Waals surface area contributed by atoms with Gasteiger partial charge < -0.3 is 10.1 Å². The van der Waals surface area contributed by atoms with Crippen molar-refractivity contribution in [3.63, 3.8) is 0 Å². The summed E-state index contributed by atoms with van der Waals surface area (Å²) in [4.78, 5) is 0.282. The maximum absolute atomic E-state index is 11.7. The number of hydrogen-bond donors (Lipinski definition) is 1. The van der Waals surface area contributed by atoms with E-state index in [-0.39, 0.29) is 4.90 Å². The molecule has 0 aliphatic rings. The summed E-state index contributed by atoms with van der Waals surface area (Å²) in [6.45, 7) is 0.468. The van der Waals surface area contributed by atoms with E-state index in [0.717, 1.165) is 5.56 Å². The third kappa shape index (κ3) is 3.89. The average molecular weight is 326 g/mol. The fourth-order valence-electron chi connectivity index (χ4n) is 1.95. The van der Waals surface area contributed by atoms with Gasteiger partial charge in [-0.25, -0.2) is 8.42 Å². The van der Waals surface area contributed by atoms with Gasteiger partial charge in [-0.1, -0.05) is 29.8 Å². The van der Waals surface area contributed by atoms with Crippen LogP contribution in [0.3, 0.4) is 0 Å². The number of methoxy groups -OCH3 is 1. The molecule has 2 rings (SSSR count). The Bertz CT molecular complexity index is 744. The molecule has 0 aliphatic carbocycles. The van der Waals surface area contributed by atoms with E-state index >= 15 is 0 Å². The molecule has 0 saturated carbocycles. The third-order valence-corrected chi connectivity index (χ3v) is 4.44. The monoisotopic (exact) mass is 325 g/mol. The number of para-hydroxylation sites is 1. The maximum Gasteiger partial charge on any atom is 0.177 e. The second-order valence-corrected chi connectivity index (χ2v) is 6.98. The van der Waals surface area contributed by atoms with Crippen molar-refractivity contribution in [1.29, 1.82) is 0 Å². The first-order valence-electron chi connectivity index (χ1n) is 6.27. The SMILES string of the molecule is COc1ccc(CNc2ccccc2S(C)(=O)=O)cc1Cl. The van der Waals surface area contributed by atoms with Crippen LogP contribution in [-0.2, 0) is 16.4 Å². The van der Waals surface area contributed by atoms with Gasteiger partial charge in [0.2, 0.25) is 0 Å². The highest BCUT2D eigenvalue weighted by molar-refractivity contribution is 7.90. The Hall–Kier alpha value is -1.72. The molecule has 4 nitrogen and oxygen atoms in total. The minimum absolute atomic E-state index is 0.282. The van der Waals surface area contributed by atoms with Gasteiger partial charge in [0, 0.05) is 12.8 Å². The van der Waals surface area contributed by atoms with Gasteiger partial charge in [0.25, 0.3) is 0 Å². The van der Waals surface area contributed by atoms with Crippen LogP contribution in [0.25, 0.3) is 0 Å². The Morgan fingerprint density at radius 2 is 1.90 bits per heavy atom. The molecular weight excluding hydrogens is 310 g/mol. The Morgan fingerprint density at radius 3 is 2.52 bits per heavy atom. The minimum Gasteiger partial charge on any atom is -0.495 e. The van der Waals surface area contributed by atoms with E-state index in [2.05, 4.69) is 5.32 Å². The molecule has 2 aromatic rings. The van der Waals surface area contributed by atoms with E-state index in [1.54, 1.807) is 43.5 Å². The summed E-state index contributed by atoms with van der Waals surface area (Å²) >= 11 is 6.07. The Balaban J connectivity index is 2.19. The molecule has 0 atom stereocenters. The largest absolute Gasteiger partial charge is 0.495 e. The number of rotatable bonds is 5. The highest BCUT2D eigenvalue weighted by atomic mass is 35.5. The lowest BCUT2D eigenvalue weighted by Gasteiger charge is -2.11. The van der Waals surface area contributed by atoms with Gasteiger partial charge in [-0.2, -0.15) is 0 Å². The first-order valence-corrected chi connectivity index (χ1v) is 8.54. The van der Waals surface area contributed by atoms with Gasteiger partial charge in [-0.3, -0.25) is 0 Å². The van der Waals surface area contributed by atoms with Crippen molar-refractivity contribution in [2.24, 2.45) is 0 Å².